The Kier molecular flexibility index (Phi) is 5.12. The van der Waals surface area contributed by atoms with Crippen molar-refractivity contribution in [3.63, 3.8) is 0 Å². The Morgan fingerprint density at radius 2 is 1.82 bits per heavy atom. The van der Waals surface area contributed by atoms with Gasteiger partial charge in [-0.2, -0.15) is 4.31 Å². The average Bonchev–Trinajstić information content (AvgIpc) is 2.49. The molecule has 22 heavy (non-hydrogen) atoms. The van der Waals surface area contributed by atoms with Gasteiger partial charge < -0.3 is 5.73 Å². The van der Waals surface area contributed by atoms with Crippen LogP contribution in [0.15, 0.2) is 47.4 Å². The molecule has 2 unspecified atom stereocenters. The van der Waals surface area contributed by atoms with E-state index < -0.39 is 10.0 Å². The van der Waals surface area contributed by atoms with Crippen molar-refractivity contribution in [3.05, 3.63) is 42.5 Å². The van der Waals surface area contributed by atoms with Gasteiger partial charge in [0.1, 0.15) is 0 Å². The van der Waals surface area contributed by atoms with E-state index in [2.05, 4.69) is 0 Å². The SMILES string of the molecule is CC1CN(S(=O)(=O)c2ccc3ccccc3c2)CCC1N.Cl. The molecular weight excluding hydrogens is 320 g/mol. The number of hydrogen-bond acceptors (Lipinski definition) is 3. The fraction of sp³-hybridized carbons (Fsp3) is 0.375. The van der Waals surface area contributed by atoms with Crippen LogP contribution < -0.4 is 5.73 Å². The fourth-order valence-electron chi connectivity index (χ4n) is 2.82. The second-order valence-corrected chi connectivity index (χ2v) is 7.74. The van der Waals surface area contributed by atoms with Gasteiger partial charge in [0, 0.05) is 19.1 Å². The van der Waals surface area contributed by atoms with Crippen LogP contribution in [-0.4, -0.2) is 31.9 Å². The van der Waals surface area contributed by atoms with E-state index in [0.29, 0.717) is 24.4 Å². The van der Waals surface area contributed by atoms with Crippen LogP contribution in [0, 0.1) is 5.92 Å². The molecule has 1 heterocycles. The molecule has 0 saturated carbocycles. The number of hydrogen-bond donors (Lipinski definition) is 1. The van der Waals surface area contributed by atoms with Gasteiger partial charge in [0.25, 0.3) is 0 Å². The Hall–Kier alpha value is -1.14. The second-order valence-electron chi connectivity index (χ2n) is 5.80. The molecule has 2 atom stereocenters. The molecule has 0 amide bonds. The van der Waals surface area contributed by atoms with E-state index in [1.165, 1.54) is 0 Å². The van der Waals surface area contributed by atoms with Gasteiger partial charge >= 0.3 is 0 Å². The molecule has 0 aromatic heterocycles. The lowest BCUT2D eigenvalue weighted by atomic mass is 9.96. The van der Waals surface area contributed by atoms with Crippen LogP contribution >= 0.6 is 12.4 Å². The van der Waals surface area contributed by atoms with Gasteiger partial charge in [0.2, 0.25) is 10.0 Å². The second kappa shape index (κ2) is 6.54. The molecule has 0 bridgehead atoms. The number of sulfonamides is 1. The third-order valence-electron chi connectivity index (χ3n) is 4.29. The first-order chi connectivity index (χ1) is 9.98. The maximum atomic E-state index is 12.8. The summed E-state index contributed by atoms with van der Waals surface area (Å²) >= 11 is 0. The molecule has 2 aromatic rings. The molecule has 0 spiro atoms. The number of benzene rings is 2. The van der Waals surface area contributed by atoms with Gasteiger partial charge in [-0.05, 0) is 35.2 Å². The van der Waals surface area contributed by atoms with Crippen molar-refractivity contribution in [3.8, 4) is 0 Å². The zero-order valence-electron chi connectivity index (χ0n) is 12.5. The Labute approximate surface area is 137 Å². The molecule has 1 fully saturated rings. The zero-order chi connectivity index (χ0) is 15.0. The molecular formula is C16H21ClN2O2S. The molecule has 2 N–H and O–H groups in total. The summed E-state index contributed by atoms with van der Waals surface area (Å²) in [5.41, 5.74) is 5.98. The van der Waals surface area contributed by atoms with Crippen LogP contribution in [0.3, 0.4) is 0 Å². The standard InChI is InChI=1S/C16H20N2O2S.ClH/c1-12-11-18(9-8-16(12)17)21(19,20)15-7-6-13-4-2-3-5-14(13)10-15;/h2-7,10,12,16H,8-9,11,17H2,1H3;1H. The molecule has 1 saturated heterocycles. The van der Waals surface area contributed by atoms with Crippen molar-refractivity contribution in [2.45, 2.75) is 24.3 Å². The van der Waals surface area contributed by atoms with Crippen LogP contribution in [-0.2, 0) is 10.0 Å². The Morgan fingerprint density at radius 3 is 2.50 bits per heavy atom. The van der Waals surface area contributed by atoms with Gasteiger partial charge in [-0.1, -0.05) is 37.3 Å². The topological polar surface area (TPSA) is 63.4 Å². The third kappa shape index (κ3) is 3.13. The molecule has 0 aliphatic carbocycles. The van der Waals surface area contributed by atoms with E-state index in [4.69, 9.17) is 5.73 Å². The van der Waals surface area contributed by atoms with Gasteiger partial charge in [0.15, 0.2) is 0 Å². The summed E-state index contributed by atoms with van der Waals surface area (Å²) in [4.78, 5) is 0.365. The van der Waals surface area contributed by atoms with Gasteiger partial charge in [-0.15, -0.1) is 12.4 Å². The number of fused-ring (bicyclic) bond motifs is 1. The predicted octanol–water partition coefficient (Wildman–Crippen LogP) is 2.62. The smallest absolute Gasteiger partial charge is 0.243 e. The van der Waals surface area contributed by atoms with E-state index in [1.54, 1.807) is 16.4 Å². The number of rotatable bonds is 2. The summed E-state index contributed by atoms with van der Waals surface area (Å²) in [5.74, 6) is 0.189. The van der Waals surface area contributed by atoms with Gasteiger partial charge in [-0.25, -0.2) is 8.42 Å². The van der Waals surface area contributed by atoms with Crippen molar-refractivity contribution in [1.29, 1.82) is 0 Å². The number of nitrogens with zero attached hydrogens (tertiary/aromatic N) is 1. The summed E-state index contributed by atoms with van der Waals surface area (Å²) in [5, 5.41) is 1.99. The molecule has 1 aliphatic rings. The Balaban J connectivity index is 0.00000176. The molecule has 2 aromatic carbocycles. The first-order valence-electron chi connectivity index (χ1n) is 7.23. The third-order valence-corrected chi connectivity index (χ3v) is 6.15. The summed E-state index contributed by atoms with van der Waals surface area (Å²) < 4.78 is 27.1. The Bertz CT molecular complexity index is 764. The van der Waals surface area contributed by atoms with E-state index in [1.807, 2.05) is 37.3 Å². The van der Waals surface area contributed by atoms with Crippen LogP contribution in [0.1, 0.15) is 13.3 Å². The summed E-state index contributed by atoms with van der Waals surface area (Å²) in [6.07, 6.45) is 0.716. The summed E-state index contributed by atoms with van der Waals surface area (Å²) in [6.45, 7) is 3.00. The quantitative estimate of drug-likeness (QED) is 0.914. The molecule has 0 radical (unpaired) electrons. The van der Waals surface area contributed by atoms with E-state index in [0.717, 1.165) is 10.8 Å². The number of halogens is 1. The highest BCUT2D eigenvalue weighted by molar-refractivity contribution is 7.89. The number of nitrogens with two attached hydrogens (primary N) is 1. The van der Waals surface area contributed by atoms with Crippen molar-refractivity contribution in [2.75, 3.05) is 13.1 Å². The largest absolute Gasteiger partial charge is 0.327 e. The normalized spacial score (nSPS) is 23.2. The molecule has 3 rings (SSSR count). The van der Waals surface area contributed by atoms with Crippen LogP contribution in [0.5, 0.6) is 0 Å². The molecule has 120 valence electrons. The average molecular weight is 341 g/mol. The van der Waals surface area contributed by atoms with Crippen LogP contribution in [0.4, 0.5) is 0 Å². The first kappa shape index (κ1) is 17.2. The van der Waals surface area contributed by atoms with Crippen molar-refractivity contribution in [1.82, 2.24) is 4.31 Å². The first-order valence-corrected chi connectivity index (χ1v) is 8.67. The van der Waals surface area contributed by atoms with E-state index in [9.17, 15) is 8.42 Å². The highest BCUT2D eigenvalue weighted by atomic mass is 35.5. The zero-order valence-corrected chi connectivity index (χ0v) is 14.1. The van der Waals surface area contributed by atoms with Crippen molar-refractivity contribution in [2.24, 2.45) is 11.7 Å². The lowest BCUT2D eigenvalue weighted by molar-refractivity contribution is 0.250. The maximum absolute atomic E-state index is 12.8. The van der Waals surface area contributed by atoms with Crippen molar-refractivity contribution >= 4 is 33.2 Å². The van der Waals surface area contributed by atoms with E-state index in [-0.39, 0.29) is 24.4 Å². The predicted molar refractivity (Wildman–Crippen MR) is 91.7 cm³/mol. The maximum Gasteiger partial charge on any atom is 0.243 e. The minimum Gasteiger partial charge on any atom is -0.327 e. The summed E-state index contributed by atoms with van der Waals surface area (Å²) in [6, 6.07) is 13.2. The fourth-order valence-corrected chi connectivity index (χ4v) is 4.41. The number of piperidine rings is 1. The van der Waals surface area contributed by atoms with Crippen LogP contribution in [0.25, 0.3) is 10.8 Å². The van der Waals surface area contributed by atoms with Crippen LogP contribution in [0.2, 0.25) is 0 Å². The van der Waals surface area contributed by atoms with Crippen molar-refractivity contribution < 1.29 is 8.42 Å². The lowest BCUT2D eigenvalue weighted by Gasteiger charge is -2.34. The monoisotopic (exact) mass is 340 g/mol. The van der Waals surface area contributed by atoms with Gasteiger partial charge in [-0.3, -0.25) is 0 Å². The minimum atomic E-state index is -3.43. The highest BCUT2D eigenvalue weighted by Gasteiger charge is 2.31. The molecule has 4 nitrogen and oxygen atoms in total. The molecule has 1 aliphatic heterocycles. The van der Waals surface area contributed by atoms with E-state index >= 15 is 0 Å². The minimum absolute atomic E-state index is 0. The highest BCUT2D eigenvalue weighted by Crippen LogP contribution is 2.25. The van der Waals surface area contributed by atoms with Gasteiger partial charge in [0.05, 0.1) is 4.90 Å². The molecule has 6 heteroatoms. The Morgan fingerprint density at radius 1 is 1.14 bits per heavy atom. The summed E-state index contributed by atoms with van der Waals surface area (Å²) in [7, 11) is -3.43. The lowest BCUT2D eigenvalue weighted by Crippen LogP contribution is -2.48.